The van der Waals surface area contributed by atoms with E-state index < -0.39 is 0 Å². The molecule has 0 bridgehead atoms. The summed E-state index contributed by atoms with van der Waals surface area (Å²) in [6, 6.07) is 8.21. The fourth-order valence-corrected chi connectivity index (χ4v) is 1.46. The molecule has 2 aromatic rings. The Morgan fingerprint density at radius 2 is 1.67 bits per heavy atom. The van der Waals surface area contributed by atoms with Gasteiger partial charge in [0.05, 0.1) is 0 Å². The zero-order valence-corrected chi connectivity index (χ0v) is 8.50. The molecule has 0 aliphatic rings. The number of hydrogen-bond acceptors (Lipinski definition) is 1. The molecule has 2 aromatic heterocycles. The Morgan fingerprint density at radius 3 is 2.27 bits per heavy atom. The lowest BCUT2D eigenvalue weighted by molar-refractivity contribution is -0.686. The second-order valence-corrected chi connectivity index (χ2v) is 3.31. The highest BCUT2D eigenvalue weighted by molar-refractivity contribution is 5.61. The molecule has 0 saturated heterocycles. The molecular formula is C13H13N2+. The van der Waals surface area contributed by atoms with E-state index in [4.69, 9.17) is 0 Å². The highest BCUT2D eigenvalue weighted by Gasteiger charge is 2.00. The van der Waals surface area contributed by atoms with Gasteiger partial charge < -0.3 is 0 Å². The first-order chi connectivity index (χ1) is 7.40. The van der Waals surface area contributed by atoms with Crippen LogP contribution in [0.5, 0.6) is 0 Å². The van der Waals surface area contributed by atoms with Crippen LogP contribution in [-0.2, 0) is 6.54 Å². The van der Waals surface area contributed by atoms with Gasteiger partial charge in [-0.25, -0.2) is 4.57 Å². The summed E-state index contributed by atoms with van der Waals surface area (Å²) in [7, 11) is 0. The number of rotatable bonds is 3. The predicted molar refractivity (Wildman–Crippen MR) is 60.1 cm³/mol. The second-order valence-electron chi connectivity index (χ2n) is 3.31. The third-order valence-electron chi connectivity index (χ3n) is 2.24. The Balaban J connectivity index is 2.28. The fourth-order valence-electron chi connectivity index (χ4n) is 1.46. The molecule has 0 radical (unpaired) electrons. The van der Waals surface area contributed by atoms with Gasteiger partial charge >= 0.3 is 0 Å². The lowest BCUT2D eigenvalue weighted by Gasteiger charge is -1.99. The van der Waals surface area contributed by atoms with E-state index in [9.17, 15) is 0 Å². The molecule has 74 valence electrons. The molecule has 0 N–H and O–H groups in total. The molecule has 0 aliphatic carbocycles. The summed E-state index contributed by atoms with van der Waals surface area (Å²) in [4.78, 5) is 4.00. The minimum Gasteiger partial charge on any atom is -0.265 e. The zero-order valence-electron chi connectivity index (χ0n) is 8.50. The van der Waals surface area contributed by atoms with E-state index in [0.717, 1.165) is 6.54 Å². The van der Waals surface area contributed by atoms with Crippen LogP contribution in [0.2, 0.25) is 0 Å². The lowest BCUT2D eigenvalue weighted by atomic mass is 10.1. The van der Waals surface area contributed by atoms with Crippen molar-refractivity contribution < 1.29 is 4.57 Å². The SMILES string of the molecule is C=CC[n+]1ccc(-c2ccncc2)cc1. The normalized spacial score (nSPS) is 9.87. The van der Waals surface area contributed by atoms with Gasteiger partial charge in [-0.15, -0.1) is 0 Å². The van der Waals surface area contributed by atoms with Crippen LogP contribution in [0.3, 0.4) is 0 Å². The molecule has 2 rings (SSSR count). The van der Waals surface area contributed by atoms with E-state index in [0.29, 0.717) is 0 Å². The first-order valence-electron chi connectivity index (χ1n) is 4.90. The van der Waals surface area contributed by atoms with Crippen molar-refractivity contribution in [2.75, 3.05) is 0 Å². The first kappa shape index (κ1) is 9.59. The Hall–Kier alpha value is -1.96. The second kappa shape index (κ2) is 4.51. The number of nitrogens with zero attached hydrogens (tertiary/aromatic N) is 2. The minimum absolute atomic E-state index is 0.844. The summed E-state index contributed by atoms with van der Waals surface area (Å²) < 4.78 is 2.08. The number of pyridine rings is 2. The highest BCUT2D eigenvalue weighted by Crippen LogP contribution is 2.15. The molecule has 0 atom stereocenters. The van der Waals surface area contributed by atoms with Crippen molar-refractivity contribution in [3.63, 3.8) is 0 Å². The van der Waals surface area contributed by atoms with Crippen LogP contribution in [0, 0.1) is 0 Å². The highest BCUT2D eigenvalue weighted by atomic mass is 14.9. The lowest BCUT2D eigenvalue weighted by Crippen LogP contribution is -2.31. The largest absolute Gasteiger partial charge is 0.265 e. The third-order valence-corrected chi connectivity index (χ3v) is 2.24. The molecule has 0 spiro atoms. The Bertz CT molecular complexity index is 432. The summed E-state index contributed by atoms with van der Waals surface area (Å²) in [5.41, 5.74) is 2.40. The molecule has 15 heavy (non-hydrogen) atoms. The Morgan fingerprint density at radius 1 is 1.07 bits per heavy atom. The zero-order chi connectivity index (χ0) is 10.5. The molecule has 0 saturated carbocycles. The maximum atomic E-state index is 4.00. The summed E-state index contributed by atoms with van der Waals surface area (Å²) in [6.45, 7) is 4.55. The van der Waals surface area contributed by atoms with Gasteiger partial charge in [-0.05, 0) is 29.3 Å². The Kier molecular flexibility index (Phi) is 2.88. The predicted octanol–water partition coefficient (Wildman–Crippen LogP) is 2.22. The summed E-state index contributed by atoms with van der Waals surface area (Å²) in [5.74, 6) is 0. The van der Waals surface area contributed by atoms with E-state index in [1.807, 2.05) is 18.2 Å². The van der Waals surface area contributed by atoms with E-state index >= 15 is 0 Å². The molecule has 0 fully saturated rings. The summed E-state index contributed by atoms with van der Waals surface area (Å²) >= 11 is 0. The van der Waals surface area contributed by atoms with Gasteiger partial charge in [0.2, 0.25) is 0 Å². The van der Waals surface area contributed by atoms with E-state index in [-0.39, 0.29) is 0 Å². The van der Waals surface area contributed by atoms with Gasteiger partial charge in [0.15, 0.2) is 18.9 Å². The van der Waals surface area contributed by atoms with Crippen molar-refractivity contribution in [2.45, 2.75) is 6.54 Å². The van der Waals surface area contributed by atoms with Crippen LogP contribution in [0.25, 0.3) is 11.1 Å². The standard InChI is InChI=1S/C13H13N2/c1-2-9-15-10-5-13(6-11-15)12-3-7-14-8-4-12/h2-8,10-11H,1,9H2/q+1. The van der Waals surface area contributed by atoms with Gasteiger partial charge in [0.25, 0.3) is 0 Å². The van der Waals surface area contributed by atoms with Crippen LogP contribution in [-0.4, -0.2) is 4.98 Å². The topological polar surface area (TPSA) is 16.8 Å². The van der Waals surface area contributed by atoms with Crippen molar-refractivity contribution in [3.05, 3.63) is 61.7 Å². The maximum Gasteiger partial charge on any atom is 0.169 e. The number of aromatic nitrogens is 2. The van der Waals surface area contributed by atoms with E-state index in [2.05, 4.69) is 40.7 Å². The van der Waals surface area contributed by atoms with Gasteiger partial charge in [-0.2, -0.15) is 0 Å². The van der Waals surface area contributed by atoms with Crippen LogP contribution in [0.15, 0.2) is 61.7 Å². The minimum atomic E-state index is 0.844. The molecule has 0 aliphatic heterocycles. The van der Waals surface area contributed by atoms with Crippen LogP contribution < -0.4 is 4.57 Å². The quantitative estimate of drug-likeness (QED) is 0.544. The van der Waals surface area contributed by atoms with Gasteiger partial charge in [0, 0.05) is 24.5 Å². The van der Waals surface area contributed by atoms with Crippen LogP contribution >= 0.6 is 0 Å². The van der Waals surface area contributed by atoms with Gasteiger partial charge in [-0.1, -0.05) is 6.58 Å². The molecule has 0 amide bonds. The van der Waals surface area contributed by atoms with Crippen molar-refractivity contribution in [2.24, 2.45) is 0 Å². The average molecular weight is 197 g/mol. The monoisotopic (exact) mass is 197 g/mol. The molecule has 2 nitrogen and oxygen atoms in total. The van der Waals surface area contributed by atoms with E-state index in [1.54, 1.807) is 12.4 Å². The van der Waals surface area contributed by atoms with Crippen molar-refractivity contribution >= 4 is 0 Å². The van der Waals surface area contributed by atoms with Crippen molar-refractivity contribution in [1.82, 2.24) is 4.98 Å². The summed E-state index contributed by atoms with van der Waals surface area (Å²) in [5, 5.41) is 0. The smallest absolute Gasteiger partial charge is 0.169 e. The number of allylic oxidation sites excluding steroid dienone is 1. The van der Waals surface area contributed by atoms with Crippen LogP contribution in [0.4, 0.5) is 0 Å². The maximum absolute atomic E-state index is 4.00. The third kappa shape index (κ3) is 2.29. The van der Waals surface area contributed by atoms with Crippen molar-refractivity contribution in [1.29, 1.82) is 0 Å². The van der Waals surface area contributed by atoms with Crippen molar-refractivity contribution in [3.8, 4) is 11.1 Å². The molecule has 2 heteroatoms. The molecule has 2 heterocycles. The fraction of sp³-hybridized carbons (Fsp3) is 0.0769. The average Bonchev–Trinajstić information content (AvgIpc) is 2.32. The van der Waals surface area contributed by atoms with Gasteiger partial charge in [0.1, 0.15) is 0 Å². The summed E-state index contributed by atoms with van der Waals surface area (Å²) in [6.07, 6.45) is 9.60. The molecule has 0 aromatic carbocycles. The Labute approximate surface area is 89.5 Å². The number of hydrogen-bond donors (Lipinski definition) is 0. The first-order valence-corrected chi connectivity index (χ1v) is 4.90. The molecule has 0 unspecified atom stereocenters. The van der Waals surface area contributed by atoms with Crippen LogP contribution in [0.1, 0.15) is 0 Å². The van der Waals surface area contributed by atoms with Gasteiger partial charge in [-0.3, -0.25) is 4.98 Å². The van der Waals surface area contributed by atoms with E-state index in [1.165, 1.54) is 11.1 Å². The molecular weight excluding hydrogens is 184 g/mol.